The number of piperazine rings is 1. The van der Waals surface area contributed by atoms with Gasteiger partial charge in [-0.05, 0) is 6.92 Å². The van der Waals surface area contributed by atoms with E-state index >= 15 is 0 Å². The Morgan fingerprint density at radius 3 is 2.89 bits per heavy atom. The van der Waals surface area contributed by atoms with Gasteiger partial charge in [0.2, 0.25) is 0 Å². The number of hydrogen-bond acceptors (Lipinski definition) is 5. The highest BCUT2D eigenvalue weighted by Gasteiger charge is 2.35. The first-order chi connectivity index (χ1) is 8.63. The zero-order valence-electron chi connectivity index (χ0n) is 10.0. The quantitative estimate of drug-likeness (QED) is 0.601. The number of nitrogens with one attached hydrogen (secondary N) is 2. The number of hydrogen-bond donors (Lipinski definition) is 2. The molecule has 1 saturated heterocycles. The number of amides is 3. The van der Waals surface area contributed by atoms with E-state index < -0.39 is 18.0 Å². The van der Waals surface area contributed by atoms with Crippen LogP contribution in [0.5, 0.6) is 0 Å². The lowest BCUT2D eigenvalue weighted by atomic mass is 10.1. The van der Waals surface area contributed by atoms with Crippen LogP contribution in [0.4, 0.5) is 4.79 Å². The second-order valence-corrected chi connectivity index (χ2v) is 4.31. The van der Waals surface area contributed by atoms with Crippen molar-refractivity contribution in [3.8, 4) is 0 Å². The van der Waals surface area contributed by atoms with Gasteiger partial charge >= 0.3 is 6.03 Å². The molecule has 3 amide bonds. The monoisotopic (exact) mass is 251 g/mol. The van der Waals surface area contributed by atoms with Crippen LogP contribution in [0.1, 0.15) is 6.92 Å². The average Bonchev–Trinajstić information content (AvgIpc) is 2.38. The molecule has 18 heavy (non-hydrogen) atoms. The van der Waals surface area contributed by atoms with Gasteiger partial charge in [0.15, 0.2) is 0 Å². The van der Waals surface area contributed by atoms with E-state index in [1.54, 1.807) is 6.92 Å². The number of rotatable bonds is 3. The summed E-state index contributed by atoms with van der Waals surface area (Å²) in [6.07, 6.45) is 2.10. The van der Waals surface area contributed by atoms with Crippen molar-refractivity contribution in [1.29, 1.82) is 0 Å². The summed E-state index contributed by atoms with van der Waals surface area (Å²) in [5.74, 6) is -0.546. The molecule has 2 aliphatic heterocycles. The van der Waals surface area contributed by atoms with E-state index in [-0.39, 0.29) is 6.04 Å². The van der Waals surface area contributed by atoms with Crippen molar-refractivity contribution in [2.45, 2.75) is 19.0 Å². The second-order valence-electron chi connectivity index (χ2n) is 4.31. The maximum Gasteiger partial charge on any atom is 0.351 e. The highest BCUT2D eigenvalue weighted by atomic mass is 16.2. The van der Waals surface area contributed by atoms with Crippen LogP contribution in [0.25, 0.3) is 0 Å². The standard InChI is InChI=1S/C11H15N4O3/c1-7-5-15(11(18)14-10(7)17)9(6-16)8-4-12-2-3-13-8/h5-6,8-9,12-13H,2-4H2,1H3. The largest absolute Gasteiger partial charge is 0.351 e. The lowest BCUT2D eigenvalue weighted by Crippen LogP contribution is -2.61. The van der Waals surface area contributed by atoms with Crippen LogP contribution in [0.2, 0.25) is 0 Å². The number of urea groups is 1. The Hall–Kier alpha value is -1.73. The molecule has 7 heteroatoms. The molecule has 0 aromatic heterocycles. The minimum Gasteiger partial charge on any atom is -0.314 e. The summed E-state index contributed by atoms with van der Waals surface area (Å²) < 4.78 is 0. The number of carbonyl (C=O) groups is 3. The molecule has 0 aromatic rings. The van der Waals surface area contributed by atoms with Crippen molar-refractivity contribution in [3.05, 3.63) is 11.8 Å². The zero-order valence-corrected chi connectivity index (χ0v) is 10.0. The van der Waals surface area contributed by atoms with E-state index in [1.807, 2.05) is 0 Å². The van der Waals surface area contributed by atoms with E-state index in [9.17, 15) is 14.4 Å². The fraction of sp³-hybridized carbons (Fsp3) is 0.545. The fourth-order valence-electron chi connectivity index (χ4n) is 2.04. The summed E-state index contributed by atoms with van der Waals surface area (Å²) in [6, 6.07) is -1.51. The fourth-order valence-corrected chi connectivity index (χ4v) is 2.04. The number of carbonyl (C=O) groups excluding carboxylic acids is 3. The lowest BCUT2D eigenvalue weighted by molar-refractivity contribution is -0.118. The van der Waals surface area contributed by atoms with Crippen molar-refractivity contribution >= 4 is 18.2 Å². The maximum atomic E-state index is 11.7. The van der Waals surface area contributed by atoms with Crippen LogP contribution >= 0.6 is 0 Å². The van der Waals surface area contributed by atoms with E-state index in [0.29, 0.717) is 18.4 Å². The molecule has 0 bridgehead atoms. The predicted octanol–water partition coefficient (Wildman–Crippen LogP) is -1.41. The zero-order chi connectivity index (χ0) is 13.1. The van der Waals surface area contributed by atoms with Gasteiger partial charge in [0.1, 0.15) is 12.3 Å². The SMILES string of the molecule is CC1=CN(C(C=O)C2CNCCN2)C(=O)[N]C1=O. The van der Waals surface area contributed by atoms with Gasteiger partial charge in [-0.1, -0.05) is 0 Å². The molecule has 0 aromatic carbocycles. The maximum absolute atomic E-state index is 11.7. The highest BCUT2D eigenvalue weighted by molar-refractivity contribution is 6.06. The lowest BCUT2D eigenvalue weighted by Gasteiger charge is -2.35. The molecule has 0 saturated carbocycles. The number of nitrogens with zero attached hydrogens (tertiary/aromatic N) is 2. The van der Waals surface area contributed by atoms with Crippen LogP contribution < -0.4 is 16.0 Å². The van der Waals surface area contributed by atoms with Crippen LogP contribution in [0.15, 0.2) is 11.8 Å². The molecule has 0 spiro atoms. The van der Waals surface area contributed by atoms with E-state index in [0.717, 1.165) is 13.1 Å². The molecule has 1 radical (unpaired) electrons. The molecule has 1 fully saturated rings. The summed E-state index contributed by atoms with van der Waals surface area (Å²) in [6.45, 7) is 3.72. The third kappa shape index (κ3) is 2.41. The summed E-state index contributed by atoms with van der Waals surface area (Å²) in [5.41, 5.74) is 0.352. The Morgan fingerprint density at radius 2 is 2.28 bits per heavy atom. The Bertz CT molecular complexity index is 401. The Labute approximate surface area is 105 Å². The van der Waals surface area contributed by atoms with Gasteiger partial charge in [0.05, 0.1) is 0 Å². The number of imide groups is 1. The minimum atomic E-state index is -0.685. The first kappa shape index (κ1) is 12.7. The van der Waals surface area contributed by atoms with Crippen molar-refractivity contribution in [2.24, 2.45) is 0 Å². The molecule has 97 valence electrons. The van der Waals surface area contributed by atoms with Crippen LogP contribution in [-0.4, -0.2) is 54.8 Å². The summed E-state index contributed by atoms with van der Waals surface area (Å²) >= 11 is 0. The molecule has 7 nitrogen and oxygen atoms in total. The van der Waals surface area contributed by atoms with Gasteiger partial charge < -0.3 is 15.4 Å². The number of aldehydes is 1. The minimum absolute atomic E-state index is 0.173. The molecule has 2 heterocycles. The van der Waals surface area contributed by atoms with Crippen molar-refractivity contribution in [3.63, 3.8) is 0 Å². The first-order valence-corrected chi connectivity index (χ1v) is 5.79. The van der Waals surface area contributed by atoms with Crippen molar-refractivity contribution in [1.82, 2.24) is 20.9 Å². The second kappa shape index (κ2) is 5.28. The van der Waals surface area contributed by atoms with Gasteiger partial charge in [-0.3, -0.25) is 9.69 Å². The van der Waals surface area contributed by atoms with E-state index in [4.69, 9.17) is 0 Å². The highest BCUT2D eigenvalue weighted by Crippen LogP contribution is 2.13. The molecule has 0 aliphatic carbocycles. The predicted molar refractivity (Wildman–Crippen MR) is 62.6 cm³/mol. The summed E-state index contributed by atoms with van der Waals surface area (Å²) in [4.78, 5) is 35.4. The third-order valence-corrected chi connectivity index (χ3v) is 3.03. The molecular weight excluding hydrogens is 236 g/mol. The molecule has 2 rings (SSSR count). The van der Waals surface area contributed by atoms with Gasteiger partial charge in [-0.2, -0.15) is 5.32 Å². The van der Waals surface area contributed by atoms with Crippen molar-refractivity contribution < 1.29 is 14.4 Å². The first-order valence-electron chi connectivity index (χ1n) is 5.79. The smallest absolute Gasteiger partial charge is 0.314 e. The molecule has 2 N–H and O–H groups in total. The third-order valence-electron chi connectivity index (χ3n) is 3.03. The van der Waals surface area contributed by atoms with Crippen molar-refractivity contribution in [2.75, 3.05) is 19.6 Å². The van der Waals surface area contributed by atoms with Crippen LogP contribution in [0.3, 0.4) is 0 Å². The van der Waals surface area contributed by atoms with Crippen LogP contribution in [0, 0.1) is 0 Å². The van der Waals surface area contributed by atoms with Gasteiger partial charge in [0.25, 0.3) is 5.91 Å². The molecular formula is C11H15N4O3. The van der Waals surface area contributed by atoms with Gasteiger partial charge in [0, 0.05) is 37.4 Å². The van der Waals surface area contributed by atoms with E-state index in [2.05, 4.69) is 16.0 Å². The summed E-state index contributed by atoms with van der Waals surface area (Å²) in [5, 5.41) is 9.70. The molecule has 2 atom stereocenters. The molecule has 2 unspecified atom stereocenters. The van der Waals surface area contributed by atoms with E-state index in [1.165, 1.54) is 11.1 Å². The molecule has 2 aliphatic rings. The Balaban J connectivity index is 2.18. The summed E-state index contributed by atoms with van der Waals surface area (Å²) in [7, 11) is 0. The normalized spacial score (nSPS) is 26.4. The topological polar surface area (TPSA) is 92.6 Å². The van der Waals surface area contributed by atoms with Gasteiger partial charge in [-0.15, -0.1) is 0 Å². The Kier molecular flexibility index (Phi) is 3.73. The average molecular weight is 251 g/mol. The van der Waals surface area contributed by atoms with Gasteiger partial charge in [-0.25, -0.2) is 4.79 Å². The Morgan fingerprint density at radius 1 is 1.50 bits per heavy atom. The van der Waals surface area contributed by atoms with Crippen LogP contribution in [-0.2, 0) is 9.59 Å².